The number of aromatic nitrogens is 2. The van der Waals surface area contributed by atoms with Gasteiger partial charge in [0.1, 0.15) is 0 Å². The van der Waals surface area contributed by atoms with Crippen LogP contribution in [0.25, 0.3) is 5.65 Å². The van der Waals surface area contributed by atoms with E-state index in [1.165, 1.54) is 18.4 Å². The molecule has 1 aromatic carbocycles. The Balaban J connectivity index is 0.000000429. The van der Waals surface area contributed by atoms with Crippen LogP contribution < -0.4 is 11.1 Å². The van der Waals surface area contributed by atoms with Crippen LogP contribution in [-0.2, 0) is 6.42 Å². The number of carbonyl (C=O) groups is 1. The van der Waals surface area contributed by atoms with Gasteiger partial charge in [-0.15, -0.1) is 0 Å². The van der Waals surface area contributed by atoms with E-state index in [0.29, 0.717) is 11.6 Å². The number of nitrogens with zero attached hydrogens (tertiary/aromatic N) is 2. The van der Waals surface area contributed by atoms with E-state index in [0.717, 1.165) is 41.1 Å². The molecular formula is C22H26N4O2. The van der Waals surface area contributed by atoms with E-state index in [1.54, 1.807) is 6.20 Å². The fourth-order valence-electron chi connectivity index (χ4n) is 3.60. The zero-order chi connectivity index (χ0) is 19.8. The van der Waals surface area contributed by atoms with Gasteiger partial charge in [-0.05, 0) is 50.7 Å². The summed E-state index contributed by atoms with van der Waals surface area (Å²) in [5.41, 5.74) is 11.2. The Hall–Kier alpha value is -2.86. The molecule has 146 valence electrons. The summed E-state index contributed by atoms with van der Waals surface area (Å²) in [5.74, 6) is -0.890. The average Bonchev–Trinajstić information content (AvgIpc) is 3.44. The minimum absolute atomic E-state index is 0.170. The number of carboxylic acid groups (broad SMARTS) is 1. The number of rotatable bonds is 2. The predicted molar refractivity (Wildman–Crippen MR) is 110 cm³/mol. The fourth-order valence-corrected chi connectivity index (χ4v) is 3.60. The highest BCUT2D eigenvalue weighted by atomic mass is 16.4. The summed E-state index contributed by atoms with van der Waals surface area (Å²) in [6.07, 6.45) is 5.83. The van der Waals surface area contributed by atoms with Crippen molar-refractivity contribution in [2.45, 2.75) is 51.6 Å². The van der Waals surface area contributed by atoms with Gasteiger partial charge in [0.2, 0.25) is 0 Å². The molecule has 1 atom stereocenters. The van der Waals surface area contributed by atoms with Crippen molar-refractivity contribution >= 4 is 17.3 Å². The third-order valence-electron chi connectivity index (χ3n) is 5.55. The average molecular weight is 378 g/mol. The molecule has 0 radical (unpaired) electrons. The van der Waals surface area contributed by atoms with Crippen LogP contribution in [0.4, 0.5) is 5.69 Å². The SMILES string of the molecule is Cc1nc2c3c(c(C(=O)O)cn2c1C)CCC(c1ccccc1)N3.NC1CC1. The van der Waals surface area contributed by atoms with Gasteiger partial charge in [-0.3, -0.25) is 0 Å². The van der Waals surface area contributed by atoms with Gasteiger partial charge < -0.3 is 20.6 Å². The lowest BCUT2D eigenvalue weighted by Crippen LogP contribution is -2.21. The number of carboxylic acids is 1. The van der Waals surface area contributed by atoms with Crippen LogP contribution in [0.1, 0.15) is 58.2 Å². The van der Waals surface area contributed by atoms with E-state index in [-0.39, 0.29) is 6.04 Å². The number of hydrogen-bond acceptors (Lipinski definition) is 4. The number of benzene rings is 1. The molecule has 4 N–H and O–H groups in total. The number of aromatic carboxylic acids is 1. The summed E-state index contributed by atoms with van der Waals surface area (Å²) in [5, 5.41) is 13.2. The van der Waals surface area contributed by atoms with E-state index in [4.69, 9.17) is 5.73 Å². The number of anilines is 1. The van der Waals surface area contributed by atoms with Crippen molar-refractivity contribution in [2.75, 3.05) is 5.32 Å². The fraction of sp³-hybridized carbons (Fsp3) is 0.364. The minimum atomic E-state index is -0.890. The summed E-state index contributed by atoms with van der Waals surface area (Å²) < 4.78 is 1.89. The Morgan fingerprint density at radius 1 is 1.21 bits per heavy atom. The molecule has 3 aromatic rings. The Morgan fingerprint density at radius 2 is 1.89 bits per heavy atom. The van der Waals surface area contributed by atoms with Crippen molar-refractivity contribution in [3.63, 3.8) is 0 Å². The first-order chi connectivity index (χ1) is 13.5. The lowest BCUT2D eigenvalue weighted by atomic mass is 9.91. The van der Waals surface area contributed by atoms with E-state index in [9.17, 15) is 9.90 Å². The Labute approximate surface area is 164 Å². The molecule has 6 nitrogen and oxygen atoms in total. The maximum Gasteiger partial charge on any atom is 0.337 e. The van der Waals surface area contributed by atoms with Crippen LogP contribution in [0, 0.1) is 13.8 Å². The van der Waals surface area contributed by atoms with Crippen LogP contribution in [-0.4, -0.2) is 26.5 Å². The molecule has 0 saturated heterocycles. The van der Waals surface area contributed by atoms with Gasteiger partial charge in [-0.2, -0.15) is 0 Å². The van der Waals surface area contributed by atoms with Gasteiger partial charge in [-0.25, -0.2) is 9.78 Å². The minimum Gasteiger partial charge on any atom is -0.478 e. The molecule has 2 aromatic heterocycles. The van der Waals surface area contributed by atoms with E-state index in [2.05, 4.69) is 22.4 Å². The van der Waals surface area contributed by atoms with Crippen molar-refractivity contribution < 1.29 is 9.90 Å². The molecular weight excluding hydrogens is 352 g/mol. The quantitative estimate of drug-likeness (QED) is 0.630. The van der Waals surface area contributed by atoms with Gasteiger partial charge >= 0.3 is 5.97 Å². The molecule has 0 amide bonds. The molecule has 0 bridgehead atoms. The standard InChI is InChI=1S/C19H19N3O2.C3H7N/c1-11-12(2)22-10-15(19(23)24)14-8-9-16(13-6-4-3-5-7-13)21-17(14)18(22)20-11;4-3-1-2-3/h3-7,10,16,21H,8-9H2,1-2H3,(H,23,24);3H,1-2,4H2. The van der Waals surface area contributed by atoms with Gasteiger partial charge in [0.05, 0.1) is 23.0 Å². The number of aryl methyl sites for hydroxylation is 2. The number of fused-ring (bicyclic) bond motifs is 3. The first-order valence-electron chi connectivity index (χ1n) is 9.77. The van der Waals surface area contributed by atoms with Gasteiger partial charge in [0.25, 0.3) is 0 Å². The molecule has 1 saturated carbocycles. The maximum atomic E-state index is 11.7. The summed E-state index contributed by atoms with van der Waals surface area (Å²) in [6, 6.07) is 11.0. The summed E-state index contributed by atoms with van der Waals surface area (Å²) in [6.45, 7) is 3.91. The van der Waals surface area contributed by atoms with E-state index in [1.807, 2.05) is 36.4 Å². The second-order valence-corrected chi connectivity index (χ2v) is 7.66. The predicted octanol–water partition coefficient (Wildman–Crippen LogP) is 3.86. The molecule has 1 fully saturated rings. The summed E-state index contributed by atoms with van der Waals surface area (Å²) in [7, 11) is 0. The Kier molecular flexibility index (Phi) is 4.81. The topological polar surface area (TPSA) is 92.6 Å². The lowest BCUT2D eigenvalue weighted by molar-refractivity contribution is 0.0695. The molecule has 5 rings (SSSR count). The largest absolute Gasteiger partial charge is 0.478 e. The molecule has 6 heteroatoms. The van der Waals surface area contributed by atoms with Gasteiger partial charge in [-0.1, -0.05) is 30.3 Å². The third-order valence-corrected chi connectivity index (χ3v) is 5.55. The van der Waals surface area contributed by atoms with Crippen LogP contribution in [0.15, 0.2) is 36.5 Å². The normalized spacial score (nSPS) is 18.0. The number of nitrogens with two attached hydrogens (primary N) is 1. The second kappa shape index (κ2) is 7.28. The van der Waals surface area contributed by atoms with Crippen LogP contribution in [0.5, 0.6) is 0 Å². The smallest absolute Gasteiger partial charge is 0.337 e. The van der Waals surface area contributed by atoms with E-state index < -0.39 is 5.97 Å². The Morgan fingerprint density at radius 3 is 2.50 bits per heavy atom. The van der Waals surface area contributed by atoms with Crippen LogP contribution >= 0.6 is 0 Å². The molecule has 1 aliphatic heterocycles. The number of imidazole rings is 1. The van der Waals surface area contributed by atoms with Crippen LogP contribution in [0.3, 0.4) is 0 Å². The molecule has 0 spiro atoms. The number of nitrogens with one attached hydrogen (secondary N) is 1. The number of pyridine rings is 1. The highest BCUT2D eigenvalue weighted by Gasteiger charge is 2.27. The molecule has 2 aliphatic rings. The molecule has 28 heavy (non-hydrogen) atoms. The molecule has 1 unspecified atom stereocenters. The van der Waals surface area contributed by atoms with Crippen LogP contribution in [0.2, 0.25) is 0 Å². The summed E-state index contributed by atoms with van der Waals surface area (Å²) in [4.78, 5) is 16.4. The zero-order valence-electron chi connectivity index (χ0n) is 16.3. The number of hydrogen-bond donors (Lipinski definition) is 3. The molecule has 1 aliphatic carbocycles. The van der Waals surface area contributed by atoms with Crippen molar-refractivity contribution in [2.24, 2.45) is 5.73 Å². The second-order valence-electron chi connectivity index (χ2n) is 7.66. The van der Waals surface area contributed by atoms with Crippen molar-refractivity contribution in [1.29, 1.82) is 0 Å². The highest BCUT2D eigenvalue weighted by molar-refractivity contribution is 5.94. The van der Waals surface area contributed by atoms with Crippen molar-refractivity contribution in [1.82, 2.24) is 9.38 Å². The maximum absolute atomic E-state index is 11.7. The van der Waals surface area contributed by atoms with Gasteiger partial charge in [0.15, 0.2) is 5.65 Å². The van der Waals surface area contributed by atoms with E-state index >= 15 is 0 Å². The lowest BCUT2D eigenvalue weighted by Gasteiger charge is -2.28. The zero-order valence-corrected chi connectivity index (χ0v) is 16.3. The first-order valence-corrected chi connectivity index (χ1v) is 9.77. The summed E-state index contributed by atoms with van der Waals surface area (Å²) >= 11 is 0. The highest BCUT2D eigenvalue weighted by Crippen LogP contribution is 2.37. The van der Waals surface area contributed by atoms with Gasteiger partial charge in [0, 0.05) is 17.9 Å². The van der Waals surface area contributed by atoms with Crippen molar-refractivity contribution in [3.05, 3.63) is 64.6 Å². The molecule has 3 heterocycles. The first kappa shape index (κ1) is 18.5. The van der Waals surface area contributed by atoms with Crippen molar-refractivity contribution in [3.8, 4) is 0 Å². The monoisotopic (exact) mass is 378 g/mol. The Bertz CT molecular complexity index is 1020. The third kappa shape index (κ3) is 3.47.